The molecule has 1 saturated carbocycles. The lowest BCUT2D eigenvalue weighted by atomic mass is 9.82. The first-order chi connectivity index (χ1) is 13.2. The molecule has 1 N–H and O–H groups in total. The van der Waals surface area contributed by atoms with Crippen molar-refractivity contribution in [3.05, 3.63) is 17.4 Å². The van der Waals surface area contributed by atoms with Crippen LogP contribution >= 0.6 is 0 Å². The molecule has 1 amide bonds. The third kappa shape index (κ3) is 4.48. The maximum Gasteiger partial charge on any atom is 0.392 e. The maximum atomic E-state index is 14.4. The highest BCUT2D eigenvalue weighted by molar-refractivity contribution is 5.82. The second kappa shape index (κ2) is 8.10. The van der Waals surface area contributed by atoms with Crippen molar-refractivity contribution in [3.63, 3.8) is 0 Å². The van der Waals surface area contributed by atoms with Crippen LogP contribution in [-0.2, 0) is 11.3 Å². The monoisotopic (exact) mass is 405 g/mol. The predicted octanol–water partition coefficient (Wildman–Crippen LogP) is 2.66. The van der Waals surface area contributed by atoms with Gasteiger partial charge in [0, 0.05) is 12.6 Å². The number of aromatic nitrogens is 1. The maximum absolute atomic E-state index is 14.4. The molecule has 1 aromatic heterocycles. The number of alkyl halides is 3. The van der Waals surface area contributed by atoms with Gasteiger partial charge in [-0.1, -0.05) is 0 Å². The summed E-state index contributed by atoms with van der Waals surface area (Å²) in [5.41, 5.74) is 0.350. The van der Waals surface area contributed by atoms with E-state index < -0.39 is 29.9 Å². The molecule has 10 heteroatoms. The summed E-state index contributed by atoms with van der Waals surface area (Å²) < 4.78 is 62.5. The number of halogens is 4. The first-order valence-electron chi connectivity index (χ1n) is 9.14. The Hall–Kier alpha value is -2.10. The van der Waals surface area contributed by atoms with Crippen molar-refractivity contribution in [2.24, 2.45) is 5.92 Å². The number of likely N-dealkylation sites (N-methyl/N-ethyl adjacent to an activating group) is 1. The van der Waals surface area contributed by atoms with E-state index in [9.17, 15) is 22.4 Å². The van der Waals surface area contributed by atoms with E-state index in [0.29, 0.717) is 5.56 Å². The van der Waals surface area contributed by atoms with Crippen LogP contribution in [0.25, 0.3) is 0 Å². The topological polar surface area (TPSA) is 63.7 Å². The Morgan fingerprint density at radius 3 is 2.64 bits per heavy atom. The van der Waals surface area contributed by atoms with Crippen LogP contribution in [0.15, 0.2) is 6.07 Å². The zero-order chi connectivity index (χ0) is 20.5. The summed E-state index contributed by atoms with van der Waals surface area (Å²) in [5, 5.41) is 3.11. The smallest absolute Gasteiger partial charge is 0.392 e. The molecule has 156 valence electrons. The van der Waals surface area contributed by atoms with Crippen LogP contribution in [-0.4, -0.2) is 54.8 Å². The Kier molecular flexibility index (Phi) is 5.97. The van der Waals surface area contributed by atoms with Crippen molar-refractivity contribution in [2.75, 3.05) is 20.7 Å². The second-order valence-corrected chi connectivity index (χ2v) is 7.24. The molecule has 2 aliphatic rings. The highest BCUT2D eigenvalue weighted by Crippen LogP contribution is 2.43. The number of amides is 1. The van der Waals surface area contributed by atoms with Gasteiger partial charge in [0.15, 0.2) is 5.82 Å². The summed E-state index contributed by atoms with van der Waals surface area (Å²) in [6, 6.07) is 0.893. The van der Waals surface area contributed by atoms with Gasteiger partial charge >= 0.3 is 6.18 Å². The highest BCUT2D eigenvalue weighted by Gasteiger charge is 2.49. The van der Waals surface area contributed by atoms with Gasteiger partial charge in [-0.05, 0) is 38.3 Å². The molecule has 3 rings (SSSR count). The number of methoxy groups -OCH3 is 1. The number of carbonyl (C=O) groups excluding carboxylic acids is 1. The largest absolute Gasteiger partial charge is 0.481 e. The molecule has 1 aromatic rings. The van der Waals surface area contributed by atoms with E-state index >= 15 is 0 Å². The number of hydrogen-bond acceptors (Lipinski definition) is 5. The number of rotatable bonds is 6. The molecule has 2 heterocycles. The van der Waals surface area contributed by atoms with E-state index in [1.807, 2.05) is 0 Å². The summed E-state index contributed by atoms with van der Waals surface area (Å²) in [7, 11) is 2.95. The highest BCUT2D eigenvalue weighted by atomic mass is 19.4. The lowest BCUT2D eigenvalue weighted by Crippen LogP contribution is -2.42. The molecule has 6 nitrogen and oxygen atoms in total. The van der Waals surface area contributed by atoms with Gasteiger partial charge in [-0.2, -0.15) is 18.2 Å². The molecule has 1 atom stereocenters. The summed E-state index contributed by atoms with van der Waals surface area (Å²) in [5.74, 6) is -2.65. The number of carbonyl (C=O) groups is 1. The van der Waals surface area contributed by atoms with Crippen molar-refractivity contribution in [1.29, 1.82) is 0 Å². The van der Waals surface area contributed by atoms with Crippen LogP contribution < -0.4 is 14.8 Å². The summed E-state index contributed by atoms with van der Waals surface area (Å²) in [4.78, 5) is 17.8. The van der Waals surface area contributed by atoms with Gasteiger partial charge in [0.25, 0.3) is 5.88 Å². The standard InChI is InChI=1S/C18H23F4N3O3/c1-25(17(26)14-4-3-5-23-14)9-10-6-13(19)16(24-15(10)27-2)28-12-7-11(8-12)18(20,21)22/h6,11-12,14,23H,3-5,7-9H2,1-2H3/t11-,12-,14-/m0/s1. The third-order valence-electron chi connectivity index (χ3n) is 5.15. The molecule has 0 unspecified atom stereocenters. The quantitative estimate of drug-likeness (QED) is 0.738. The minimum absolute atomic E-state index is 0.0714. The Morgan fingerprint density at radius 2 is 2.07 bits per heavy atom. The summed E-state index contributed by atoms with van der Waals surface area (Å²) in [6.45, 7) is 0.871. The minimum atomic E-state index is -4.27. The molecule has 28 heavy (non-hydrogen) atoms. The van der Waals surface area contributed by atoms with Crippen LogP contribution in [0.4, 0.5) is 17.6 Å². The number of ether oxygens (including phenoxy) is 2. The van der Waals surface area contributed by atoms with Gasteiger partial charge in [0.1, 0.15) is 6.10 Å². The van der Waals surface area contributed by atoms with Gasteiger partial charge in [0.2, 0.25) is 11.8 Å². The van der Waals surface area contributed by atoms with E-state index in [0.717, 1.165) is 25.5 Å². The molecule has 0 spiro atoms. The average molecular weight is 405 g/mol. The number of nitrogens with zero attached hydrogens (tertiary/aromatic N) is 2. The van der Waals surface area contributed by atoms with Gasteiger partial charge in [-0.3, -0.25) is 4.79 Å². The second-order valence-electron chi connectivity index (χ2n) is 7.24. The molecule has 0 bridgehead atoms. The van der Waals surface area contributed by atoms with Crippen LogP contribution in [0.3, 0.4) is 0 Å². The Balaban J connectivity index is 1.65. The fourth-order valence-corrected chi connectivity index (χ4v) is 3.45. The first-order valence-corrected chi connectivity index (χ1v) is 9.14. The van der Waals surface area contributed by atoms with Crippen molar-refractivity contribution in [1.82, 2.24) is 15.2 Å². The van der Waals surface area contributed by atoms with Gasteiger partial charge < -0.3 is 19.7 Å². The Bertz CT molecular complexity index is 717. The Labute approximate surface area is 160 Å². The van der Waals surface area contributed by atoms with Crippen molar-refractivity contribution in [3.8, 4) is 11.8 Å². The number of nitrogens with one attached hydrogen (secondary N) is 1. The third-order valence-corrected chi connectivity index (χ3v) is 5.15. The van der Waals surface area contributed by atoms with Crippen molar-refractivity contribution < 1.29 is 31.8 Å². The fourth-order valence-electron chi connectivity index (χ4n) is 3.45. The van der Waals surface area contributed by atoms with Crippen LogP contribution in [0.2, 0.25) is 0 Å². The van der Waals surface area contributed by atoms with E-state index in [-0.39, 0.29) is 37.2 Å². The molecule has 1 saturated heterocycles. The SMILES string of the molecule is COc1nc(O[C@H]2C[C@H](C(F)(F)F)C2)c(F)cc1CN(C)C(=O)[C@@H]1CCCN1. The zero-order valence-corrected chi connectivity index (χ0v) is 15.7. The van der Waals surface area contributed by atoms with Crippen molar-refractivity contribution >= 4 is 5.91 Å². The summed E-state index contributed by atoms with van der Waals surface area (Å²) >= 11 is 0. The molecular formula is C18H23F4N3O3. The van der Waals surface area contributed by atoms with Crippen LogP contribution in [0.5, 0.6) is 11.8 Å². The molecule has 0 aromatic carbocycles. The lowest BCUT2D eigenvalue weighted by molar-refractivity contribution is -0.210. The lowest BCUT2D eigenvalue weighted by Gasteiger charge is -2.36. The van der Waals surface area contributed by atoms with Crippen LogP contribution in [0.1, 0.15) is 31.2 Å². The molecule has 2 fully saturated rings. The Morgan fingerprint density at radius 1 is 1.36 bits per heavy atom. The van der Waals surface area contributed by atoms with Gasteiger partial charge in [-0.15, -0.1) is 0 Å². The first kappa shape index (κ1) is 20.6. The van der Waals surface area contributed by atoms with Gasteiger partial charge in [-0.25, -0.2) is 4.39 Å². The minimum Gasteiger partial charge on any atom is -0.481 e. The van der Waals surface area contributed by atoms with E-state index in [4.69, 9.17) is 9.47 Å². The normalized spacial score (nSPS) is 24.6. The van der Waals surface area contributed by atoms with Crippen LogP contribution in [0, 0.1) is 11.7 Å². The number of pyridine rings is 1. The van der Waals surface area contributed by atoms with E-state index in [1.54, 1.807) is 7.05 Å². The molecule has 0 radical (unpaired) electrons. The molecule has 1 aliphatic carbocycles. The van der Waals surface area contributed by atoms with E-state index in [2.05, 4.69) is 10.3 Å². The number of hydrogen-bond donors (Lipinski definition) is 1. The average Bonchev–Trinajstić information content (AvgIpc) is 3.11. The fraction of sp³-hybridized carbons (Fsp3) is 0.667. The predicted molar refractivity (Wildman–Crippen MR) is 91.4 cm³/mol. The molecular weight excluding hydrogens is 382 g/mol. The molecule has 1 aliphatic heterocycles. The summed E-state index contributed by atoms with van der Waals surface area (Å²) in [6.07, 6.45) is -3.77. The van der Waals surface area contributed by atoms with Crippen molar-refractivity contribution in [2.45, 2.75) is 50.6 Å². The van der Waals surface area contributed by atoms with Gasteiger partial charge in [0.05, 0.1) is 25.6 Å². The zero-order valence-electron chi connectivity index (χ0n) is 15.7. The van der Waals surface area contributed by atoms with E-state index in [1.165, 1.54) is 12.0 Å².